The molecule has 0 atom stereocenters. The molecule has 21 heavy (non-hydrogen) atoms. The molecule has 1 N–H and O–H groups in total. The first-order valence-electron chi connectivity index (χ1n) is 8.22. The number of nitrogens with one attached hydrogen (secondary N) is 1. The van der Waals surface area contributed by atoms with Crippen molar-refractivity contribution < 1.29 is 4.79 Å². The van der Waals surface area contributed by atoms with Crippen molar-refractivity contribution in [1.82, 2.24) is 5.32 Å². The van der Waals surface area contributed by atoms with E-state index in [2.05, 4.69) is 41.7 Å². The first kappa shape index (κ1) is 17.5. The van der Waals surface area contributed by atoms with Crippen LogP contribution in [0.5, 0.6) is 0 Å². The van der Waals surface area contributed by atoms with Crippen LogP contribution in [-0.4, -0.2) is 12.5 Å². The zero-order valence-electron chi connectivity index (χ0n) is 13.3. The van der Waals surface area contributed by atoms with E-state index in [1.807, 2.05) is 6.08 Å². The van der Waals surface area contributed by atoms with E-state index in [0.717, 1.165) is 6.42 Å². The van der Waals surface area contributed by atoms with Crippen molar-refractivity contribution in [2.45, 2.75) is 58.3 Å². The van der Waals surface area contributed by atoms with Crippen molar-refractivity contribution in [3.8, 4) is 0 Å². The van der Waals surface area contributed by atoms with Gasteiger partial charge >= 0.3 is 0 Å². The summed E-state index contributed by atoms with van der Waals surface area (Å²) in [5.41, 5.74) is 1.46. The van der Waals surface area contributed by atoms with Crippen molar-refractivity contribution in [3.05, 3.63) is 48.0 Å². The van der Waals surface area contributed by atoms with Gasteiger partial charge in [-0.15, -0.1) is 0 Å². The predicted molar refractivity (Wildman–Crippen MR) is 90.3 cm³/mol. The molecule has 2 nitrogen and oxygen atoms in total. The van der Waals surface area contributed by atoms with Crippen molar-refractivity contribution in [1.29, 1.82) is 0 Å². The standard InChI is InChI=1S/C19H29NO/c1-18(21)20-17-13-8-6-4-2-3-5-7-10-14-19-15-11-9-12-16-19/h8-9,11-13,15-16H,2-7,10,14,17H2,1H3,(H,20,21). The smallest absolute Gasteiger partial charge is 0.217 e. The van der Waals surface area contributed by atoms with Crippen LogP contribution >= 0.6 is 0 Å². The summed E-state index contributed by atoms with van der Waals surface area (Å²) in [5.74, 6) is 0.0372. The highest BCUT2D eigenvalue weighted by Gasteiger charge is 1.93. The van der Waals surface area contributed by atoms with Gasteiger partial charge in [0.25, 0.3) is 0 Å². The third-order valence-electron chi connectivity index (χ3n) is 3.56. The van der Waals surface area contributed by atoms with E-state index in [1.54, 1.807) is 6.92 Å². The molecule has 1 rings (SSSR count). The third kappa shape index (κ3) is 10.8. The maximum absolute atomic E-state index is 10.6. The van der Waals surface area contributed by atoms with Crippen molar-refractivity contribution in [2.75, 3.05) is 6.54 Å². The minimum absolute atomic E-state index is 0.0372. The zero-order chi connectivity index (χ0) is 15.2. The molecule has 0 unspecified atom stereocenters. The van der Waals surface area contributed by atoms with Gasteiger partial charge in [-0.25, -0.2) is 0 Å². The molecular weight excluding hydrogens is 258 g/mol. The molecule has 0 aliphatic heterocycles. The number of aryl methyl sites for hydroxylation is 1. The molecule has 1 amide bonds. The van der Waals surface area contributed by atoms with E-state index < -0.39 is 0 Å². The summed E-state index contributed by atoms with van der Waals surface area (Å²) >= 11 is 0. The molecule has 0 radical (unpaired) electrons. The Hall–Kier alpha value is -1.57. The summed E-state index contributed by atoms with van der Waals surface area (Å²) in [6.45, 7) is 2.21. The summed E-state index contributed by atoms with van der Waals surface area (Å²) in [6, 6.07) is 10.7. The molecule has 0 aliphatic rings. The Morgan fingerprint density at radius 3 is 2.33 bits per heavy atom. The second-order valence-electron chi connectivity index (χ2n) is 5.55. The van der Waals surface area contributed by atoms with Crippen molar-refractivity contribution in [2.24, 2.45) is 0 Å². The van der Waals surface area contributed by atoms with E-state index in [9.17, 15) is 4.79 Å². The summed E-state index contributed by atoms with van der Waals surface area (Å²) in [4.78, 5) is 10.6. The lowest BCUT2D eigenvalue weighted by Crippen LogP contribution is -2.19. The molecule has 0 saturated carbocycles. The summed E-state index contributed by atoms with van der Waals surface area (Å²) in [7, 11) is 0. The van der Waals surface area contributed by atoms with Crippen LogP contribution in [0.1, 0.15) is 57.4 Å². The number of hydrogen-bond donors (Lipinski definition) is 1. The van der Waals surface area contributed by atoms with Crippen LogP contribution in [0.4, 0.5) is 0 Å². The number of unbranched alkanes of at least 4 members (excludes halogenated alkanes) is 6. The third-order valence-corrected chi connectivity index (χ3v) is 3.56. The number of hydrogen-bond acceptors (Lipinski definition) is 1. The van der Waals surface area contributed by atoms with E-state index in [-0.39, 0.29) is 5.91 Å². The lowest BCUT2D eigenvalue weighted by atomic mass is 10.0. The van der Waals surface area contributed by atoms with Crippen LogP contribution in [0.3, 0.4) is 0 Å². The largest absolute Gasteiger partial charge is 0.353 e. The maximum Gasteiger partial charge on any atom is 0.217 e. The molecule has 0 aromatic heterocycles. The van der Waals surface area contributed by atoms with Gasteiger partial charge in [0.2, 0.25) is 5.91 Å². The Kier molecular flexibility index (Phi) is 10.1. The van der Waals surface area contributed by atoms with Crippen LogP contribution in [-0.2, 0) is 11.2 Å². The second-order valence-corrected chi connectivity index (χ2v) is 5.55. The Morgan fingerprint density at radius 2 is 1.62 bits per heavy atom. The fourth-order valence-corrected chi connectivity index (χ4v) is 2.35. The van der Waals surface area contributed by atoms with Gasteiger partial charge in [-0.1, -0.05) is 68.2 Å². The molecule has 2 heteroatoms. The van der Waals surface area contributed by atoms with Crippen LogP contribution in [0.2, 0.25) is 0 Å². The van der Waals surface area contributed by atoms with E-state index in [0.29, 0.717) is 6.54 Å². The Morgan fingerprint density at radius 1 is 0.952 bits per heavy atom. The quantitative estimate of drug-likeness (QED) is 0.466. The first-order valence-corrected chi connectivity index (χ1v) is 8.22. The minimum atomic E-state index is 0.0372. The van der Waals surface area contributed by atoms with E-state index in [1.165, 1.54) is 50.5 Å². The summed E-state index contributed by atoms with van der Waals surface area (Å²) < 4.78 is 0. The topological polar surface area (TPSA) is 29.1 Å². The molecule has 1 aromatic carbocycles. The lowest BCUT2D eigenvalue weighted by molar-refractivity contribution is -0.118. The molecule has 0 saturated heterocycles. The number of carbonyl (C=O) groups is 1. The molecule has 0 aliphatic carbocycles. The number of rotatable bonds is 11. The lowest BCUT2D eigenvalue weighted by Gasteiger charge is -2.02. The molecule has 0 bridgehead atoms. The number of amides is 1. The van der Waals surface area contributed by atoms with Gasteiger partial charge < -0.3 is 5.32 Å². The summed E-state index contributed by atoms with van der Waals surface area (Å²) in [5, 5.41) is 2.76. The van der Waals surface area contributed by atoms with E-state index in [4.69, 9.17) is 0 Å². The molecule has 116 valence electrons. The van der Waals surface area contributed by atoms with Crippen LogP contribution in [0.15, 0.2) is 42.5 Å². The Labute approximate surface area is 129 Å². The van der Waals surface area contributed by atoms with Gasteiger partial charge in [-0.05, 0) is 31.2 Å². The van der Waals surface area contributed by atoms with Crippen LogP contribution in [0, 0.1) is 0 Å². The summed E-state index contributed by atoms with van der Waals surface area (Å²) in [6.07, 6.45) is 14.5. The fourth-order valence-electron chi connectivity index (χ4n) is 2.35. The highest BCUT2D eigenvalue weighted by atomic mass is 16.1. The van der Waals surface area contributed by atoms with Crippen LogP contribution in [0.25, 0.3) is 0 Å². The van der Waals surface area contributed by atoms with Crippen LogP contribution < -0.4 is 5.32 Å². The van der Waals surface area contributed by atoms with Gasteiger partial charge in [-0.2, -0.15) is 0 Å². The van der Waals surface area contributed by atoms with Crippen molar-refractivity contribution >= 4 is 5.91 Å². The molecular formula is C19H29NO. The van der Waals surface area contributed by atoms with Gasteiger partial charge in [0.05, 0.1) is 0 Å². The Balaban J connectivity index is 1.83. The molecule has 0 spiro atoms. The monoisotopic (exact) mass is 287 g/mol. The normalized spacial score (nSPS) is 10.9. The number of allylic oxidation sites excluding steroid dienone is 1. The second kappa shape index (κ2) is 12.2. The van der Waals surface area contributed by atoms with Crippen molar-refractivity contribution in [3.63, 3.8) is 0 Å². The maximum atomic E-state index is 10.6. The van der Waals surface area contributed by atoms with Gasteiger partial charge in [-0.3, -0.25) is 4.79 Å². The molecule has 0 heterocycles. The van der Waals surface area contributed by atoms with Gasteiger partial charge in [0.1, 0.15) is 0 Å². The number of carbonyl (C=O) groups excluding carboxylic acids is 1. The Bertz CT molecular complexity index is 397. The minimum Gasteiger partial charge on any atom is -0.353 e. The SMILES string of the molecule is CC(=O)NCC=CCCCCCCCCc1ccccc1. The molecule has 0 fully saturated rings. The fraction of sp³-hybridized carbons (Fsp3) is 0.526. The van der Waals surface area contributed by atoms with E-state index >= 15 is 0 Å². The highest BCUT2D eigenvalue weighted by Crippen LogP contribution is 2.10. The average Bonchev–Trinajstić information content (AvgIpc) is 2.49. The first-order chi connectivity index (χ1) is 10.3. The zero-order valence-corrected chi connectivity index (χ0v) is 13.3. The molecule has 1 aromatic rings. The number of benzene rings is 1. The van der Waals surface area contributed by atoms with Gasteiger partial charge in [0, 0.05) is 13.5 Å². The van der Waals surface area contributed by atoms with Gasteiger partial charge in [0.15, 0.2) is 0 Å². The average molecular weight is 287 g/mol. The predicted octanol–water partition coefficient (Wildman–Crippen LogP) is 4.65. The highest BCUT2D eigenvalue weighted by molar-refractivity contribution is 5.72.